The Balaban J connectivity index is 0.000000747. The van der Waals surface area contributed by atoms with Crippen LogP contribution in [0.15, 0.2) is 34.6 Å². The highest BCUT2D eigenvalue weighted by Gasteiger charge is 2.28. The Hall–Kier alpha value is -3.31. The fourth-order valence-electron chi connectivity index (χ4n) is 3.15. The Bertz CT molecular complexity index is 1100. The van der Waals surface area contributed by atoms with Crippen LogP contribution in [-0.4, -0.2) is 66.0 Å². The minimum atomic E-state index is -0.888. The van der Waals surface area contributed by atoms with Crippen molar-refractivity contribution >= 4 is 53.9 Å². The fourth-order valence-corrected chi connectivity index (χ4v) is 3.55. The lowest BCUT2D eigenvalue weighted by molar-refractivity contribution is -0.118. The minimum Gasteiger partial charge on any atom is -0.444 e. The smallest absolute Gasteiger partial charge is 0.434 e. The lowest BCUT2D eigenvalue weighted by Gasteiger charge is -2.33. The number of carbonyl (C=O) groups is 4. The van der Waals surface area contributed by atoms with Gasteiger partial charge >= 0.3 is 12.2 Å². The van der Waals surface area contributed by atoms with Crippen molar-refractivity contribution in [2.75, 3.05) is 13.1 Å². The highest BCUT2D eigenvalue weighted by Crippen LogP contribution is 2.22. The van der Waals surface area contributed by atoms with Crippen LogP contribution in [0.5, 0.6) is 0 Å². The van der Waals surface area contributed by atoms with Crippen molar-refractivity contribution in [3.05, 3.63) is 45.2 Å². The van der Waals surface area contributed by atoms with Gasteiger partial charge in [-0.05, 0) is 79.0 Å². The van der Waals surface area contributed by atoms with Crippen LogP contribution in [-0.2, 0) is 19.1 Å². The number of piperidine rings is 1. The number of hydrogen-bond donors (Lipinski definition) is 3. The van der Waals surface area contributed by atoms with Gasteiger partial charge in [0.15, 0.2) is 0 Å². The van der Waals surface area contributed by atoms with Crippen LogP contribution in [0.25, 0.3) is 0 Å². The number of benzene rings is 1. The molecule has 1 fully saturated rings. The molecule has 1 aliphatic rings. The van der Waals surface area contributed by atoms with Gasteiger partial charge in [0, 0.05) is 29.2 Å². The van der Waals surface area contributed by atoms with Gasteiger partial charge in [0.2, 0.25) is 6.41 Å². The molecule has 1 heterocycles. The zero-order valence-electron chi connectivity index (χ0n) is 24.0. The largest absolute Gasteiger partial charge is 0.444 e. The Morgan fingerprint density at radius 2 is 1.55 bits per heavy atom. The number of nitrogens with two attached hydrogens (primary N) is 1. The first-order valence-corrected chi connectivity index (χ1v) is 13.4. The third-order valence-electron chi connectivity index (χ3n) is 5.13. The van der Waals surface area contributed by atoms with Crippen LogP contribution in [0, 0.1) is 6.92 Å². The summed E-state index contributed by atoms with van der Waals surface area (Å²) in [6.45, 7) is 13.2. The van der Waals surface area contributed by atoms with E-state index in [0.29, 0.717) is 32.3 Å². The van der Waals surface area contributed by atoms with Crippen LogP contribution in [0.2, 0.25) is 10.0 Å². The molecule has 2 rings (SSSR count). The minimum absolute atomic E-state index is 0.135. The van der Waals surface area contributed by atoms with E-state index < -0.39 is 29.3 Å². The average molecular weight is 601 g/mol. The number of nitrogens with one attached hydrogen (secondary N) is 2. The van der Waals surface area contributed by atoms with E-state index in [-0.39, 0.29) is 17.4 Å². The zero-order chi connectivity index (χ0) is 30.7. The quantitative estimate of drug-likeness (QED) is 0.251. The molecule has 1 aromatic carbocycles. The molecule has 4 amide bonds. The summed E-state index contributed by atoms with van der Waals surface area (Å²) in [7, 11) is 0. The number of likely N-dealkylation sites (tertiary alicyclic amines) is 1. The average Bonchev–Trinajstić information content (AvgIpc) is 2.83. The van der Waals surface area contributed by atoms with Crippen LogP contribution < -0.4 is 16.4 Å². The lowest BCUT2D eigenvalue weighted by Crippen LogP contribution is -2.48. The highest BCUT2D eigenvalue weighted by atomic mass is 35.5. The number of allylic oxidation sites excluding steroid dienone is 1. The molecule has 1 aromatic rings. The summed E-state index contributed by atoms with van der Waals surface area (Å²) >= 11 is 11.5. The first-order valence-electron chi connectivity index (χ1n) is 12.6. The third kappa shape index (κ3) is 13.2. The van der Waals surface area contributed by atoms with E-state index in [1.54, 1.807) is 46.4 Å². The summed E-state index contributed by atoms with van der Waals surface area (Å²) in [6.07, 6.45) is 1.02. The maximum Gasteiger partial charge on any atom is 0.434 e. The predicted molar refractivity (Wildman–Crippen MR) is 155 cm³/mol. The van der Waals surface area contributed by atoms with Crippen LogP contribution in [0.3, 0.4) is 0 Å². The Morgan fingerprint density at radius 3 is 2.00 bits per heavy atom. The van der Waals surface area contributed by atoms with Gasteiger partial charge in [-0.25, -0.2) is 9.59 Å². The first kappa shape index (κ1) is 34.7. The maximum atomic E-state index is 12.5. The number of hydrogen-bond acceptors (Lipinski definition) is 7. The number of rotatable bonds is 5. The summed E-state index contributed by atoms with van der Waals surface area (Å²) in [6, 6.07) is 5.26. The molecule has 13 heteroatoms. The van der Waals surface area contributed by atoms with Gasteiger partial charge in [-0.15, -0.1) is 0 Å². The Kier molecular flexibility index (Phi) is 13.4. The number of amides is 4. The van der Waals surface area contributed by atoms with Gasteiger partial charge in [-0.1, -0.05) is 29.3 Å². The van der Waals surface area contributed by atoms with Crippen molar-refractivity contribution in [3.63, 3.8) is 0 Å². The molecule has 0 bridgehead atoms. The van der Waals surface area contributed by atoms with Crippen molar-refractivity contribution in [3.8, 4) is 0 Å². The molecule has 0 aromatic heterocycles. The molecular formula is C27H39Cl2N5O6. The van der Waals surface area contributed by atoms with Gasteiger partial charge in [0.25, 0.3) is 5.91 Å². The van der Waals surface area contributed by atoms with Gasteiger partial charge in [0.1, 0.15) is 16.9 Å². The maximum absolute atomic E-state index is 12.5. The van der Waals surface area contributed by atoms with Gasteiger partial charge in [-0.3, -0.25) is 9.59 Å². The molecule has 1 aliphatic heterocycles. The molecule has 0 atom stereocenters. The molecule has 40 heavy (non-hydrogen) atoms. The van der Waals surface area contributed by atoms with E-state index in [9.17, 15) is 19.2 Å². The van der Waals surface area contributed by atoms with E-state index in [4.69, 9.17) is 38.4 Å². The van der Waals surface area contributed by atoms with Gasteiger partial charge < -0.3 is 30.7 Å². The second-order valence-corrected chi connectivity index (χ2v) is 11.7. The summed E-state index contributed by atoms with van der Waals surface area (Å²) in [5, 5.41) is 6.45. The molecule has 0 unspecified atom stereocenters. The summed E-state index contributed by atoms with van der Waals surface area (Å²) in [5.41, 5.74) is 5.02. The molecule has 222 valence electrons. The van der Waals surface area contributed by atoms with Crippen molar-refractivity contribution in [1.29, 1.82) is 0 Å². The van der Waals surface area contributed by atoms with Gasteiger partial charge in [0.05, 0.1) is 11.9 Å². The molecule has 11 nitrogen and oxygen atoms in total. The molecule has 0 aliphatic carbocycles. The second kappa shape index (κ2) is 15.5. The Labute approximate surface area is 245 Å². The molecule has 0 saturated carbocycles. The summed E-state index contributed by atoms with van der Waals surface area (Å²) in [4.78, 5) is 52.3. The van der Waals surface area contributed by atoms with Crippen LogP contribution in [0.1, 0.15) is 59.9 Å². The topological polar surface area (TPSA) is 152 Å². The summed E-state index contributed by atoms with van der Waals surface area (Å²) < 4.78 is 10.4. The van der Waals surface area contributed by atoms with Crippen LogP contribution >= 0.6 is 23.2 Å². The summed E-state index contributed by atoms with van der Waals surface area (Å²) in [5.74, 6) is -0.629. The van der Waals surface area contributed by atoms with Crippen molar-refractivity contribution in [2.45, 2.75) is 78.6 Å². The third-order valence-corrected chi connectivity index (χ3v) is 5.94. The number of carbonyl (C=O) groups excluding carboxylic acids is 4. The number of halogens is 2. The van der Waals surface area contributed by atoms with Gasteiger partial charge in [-0.2, -0.15) is 4.99 Å². The van der Waals surface area contributed by atoms with E-state index in [1.165, 1.54) is 0 Å². The first-order chi connectivity index (χ1) is 18.4. The lowest BCUT2D eigenvalue weighted by atomic mass is 10.1. The Morgan fingerprint density at radius 1 is 1.02 bits per heavy atom. The number of nitrogens with zero attached hydrogens (tertiary/aromatic N) is 2. The number of aliphatic imine (C=N–C) groups is 1. The second-order valence-electron chi connectivity index (χ2n) is 10.9. The molecular weight excluding hydrogens is 561 g/mol. The molecule has 0 radical (unpaired) electrons. The van der Waals surface area contributed by atoms with E-state index in [0.717, 1.165) is 21.8 Å². The fraction of sp³-hybridized carbons (Fsp3) is 0.519. The standard InChI is InChI=1S/C20H33N5O6.C7H6Cl2/c1-19(2,3)30-17(28)22-11-14(23-12-26)15(21)16(27)24-13-7-9-25(10-8-13)18(29)31-20(4,5)6;1-5-6(8)3-2-4-7(5)9/h11-13H,7-10,21H2,1-6H3,(H,23,26)(H,24,27);2-4H,1H3/b15-14+,22-11+;. The van der Waals surface area contributed by atoms with E-state index >= 15 is 0 Å². The SMILES string of the molecule is CC(C)(C)OC(=O)/N=C/C(NC=O)=C(\N)C(=O)NC1CCN(C(=O)OC(C)(C)C)CC1.Cc1c(Cl)cccc1Cl. The zero-order valence-corrected chi connectivity index (χ0v) is 25.5. The van der Waals surface area contributed by atoms with Crippen molar-refractivity contribution < 1.29 is 28.7 Å². The molecule has 1 saturated heterocycles. The normalized spacial score (nSPS) is 14.9. The molecule has 0 spiro atoms. The predicted octanol–water partition coefficient (Wildman–Crippen LogP) is 4.73. The van der Waals surface area contributed by atoms with Crippen molar-refractivity contribution in [1.82, 2.24) is 15.5 Å². The molecule has 4 N–H and O–H groups in total. The van der Waals surface area contributed by atoms with Crippen LogP contribution in [0.4, 0.5) is 9.59 Å². The van der Waals surface area contributed by atoms with E-state index in [2.05, 4.69) is 15.6 Å². The monoisotopic (exact) mass is 599 g/mol. The van der Waals surface area contributed by atoms with Crippen molar-refractivity contribution in [2.24, 2.45) is 10.7 Å². The highest BCUT2D eigenvalue weighted by molar-refractivity contribution is 6.35. The van der Waals surface area contributed by atoms with E-state index in [1.807, 2.05) is 25.1 Å². The number of ether oxygens (including phenoxy) is 2.